The number of ether oxygens (including phenoxy) is 1. The zero-order valence-electron chi connectivity index (χ0n) is 11.9. The van der Waals surface area contributed by atoms with Crippen molar-refractivity contribution in [3.05, 3.63) is 23.2 Å². The first-order valence-corrected chi connectivity index (χ1v) is 7.32. The van der Waals surface area contributed by atoms with Gasteiger partial charge in [-0.15, -0.1) is 0 Å². The van der Waals surface area contributed by atoms with Crippen molar-refractivity contribution in [2.45, 2.75) is 13.8 Å². The average Bonchev–Trinajstić information content (AvgIpc) is 2.78. The molecule has 0 aliphatic carbocycles. The van der Waals surface area contributed by atoms with E-state index in [1.807, 2.05) is 12.1 Å². The molecule has 4 heteroatoms. The summed E-state index contributed by atoms with van der Waals surface area (Å²) in [5, 5.41) is 4.12. The molecule has 2 atom stereocenters. The molecule has 0 aromatic heterocycles. The maximum absolute atomic E-state index is 6.08. The highest BCUT2D eigenvalue weighted by Crippen LogP contribution is 2.33. The second kappa shape index (κ2) is 6.49. The van der Waals surface area contributed by atoms with Gasteiger partial charge in [-0.1, -0.05) is 25.4 Å². The Labute approximate surface area is 120 Å². The van der Waals surface area contributed by atoms with Gasteiger partial charge in [0.2, 0.25) is 0 Å². The van der Waals surface area contributed by atoms with E-state index in [1.54, 1.807) is 7.11 Å². The Morgan fingerprint density at radius 2 is 2.21 bits per heavy atom. The van der Waals surface area contributed by atoms with E-state index in [4.69, 9.17) is 16.3 Å². The zero-order valence-corrected chi connectivity index (χ0v) is 12.7. The quantitative estimate of drug-likeness (QED) is 0.898. The molecule has 1 N–H and O–H groups in total. The summed E-state index contributed by atoms with van der Waals surface area (Å²) in [5.74, 6) is 2.17. The van der Waals surface area contributed by atoms with Crippen molar-refractivity contribution < 1.29 is 4.74 Å². The van der Waals surface area contributed by atoms with E-state index >= 15 is 0 Å². The van der Waals surface area contributed by atoms with E-state index in [0.29, 0.717) is 16.9 Å². The Hall–Kier alpha value is -0.930. The van der Waals surface area contributed by atoms with Crippen molar-refractivity contribution in [2.24, 2.45) is 11.8 Å². The largest absolute Gasteiger partial charge is 0.495 e. The summed E-state index contributed by atoms with van der Waals surface area (Å²) in [4.78, 5) is 2.42. The van der Waals surface area contributed by atoms with Gasteiger partial charge >= 0.3 is 0 Å². The smallest absolute Gasteiger partial charge is 0.139 e. The number of nitrogens with one attached hydrogen (secondary N) is 1. The molecule has 1 heterocycles. The summed E-state index contributed by atoms with van der Waals surface area (Å²) in [6.45, 7) is 8.81. The number of nitrogens with zero attached hydrogens (tertiary/aromatic N) is 1. The van der Waals surface area contributed by atoms with Crippen LogP contribution in [0.1, 0.15) is 13.8 Å². The minimum Gasteiger partial charge on any atom is -0.495 e. The monoisotopic (exact) mass is 282 g/mol. The number of anilines is 1. The lowest BCUT2D eigenvalue weighted by Crippen LogP contribution is -2.27. The van der Waals surface area contributed by atoms with Crippen LogP contribution in [-0.2, 0) is 0 Å². The fourth-order valence-electron chi connectivity index (χ4n) is 2.69. The molecule has 0 amide bonds. The molecule has 0 spiro atoms. The summed E-state index contributed by atoms with van der Waals surface area (Å²) in [7, 11) is 1.66. The zero-order chi connectivity index (χ0) is 13.8. The van der Waals surface area contributed by atoms with Gasteiger partial charge in [0.05, 0.1) is 12.1 Å². The van der Waals surface area contributed by atoms with Crippen molar-refractivity contribution in [3.8, 4) is 5.75 Å². The Morgan fingerprint density at radius 3 is 2.89 bits per heavy atom. The normalized spacial score (nSPS) is 22.8. The summed E-state index contributed by atoms with van der Waals surface area (Å²) in [6.07, 6.45) is 0. The molecule has 0 bridgehead atoms. The van der Waals surface area contributed by atoms with Crippen molar-refractivity contribution >= 4 is 17.3 Å². The molecule has 3 nitrogen and oxygen atoms in total. The molecule has 1 saturated heterocycles. The summed E-state index contributed by atoms with van der Waals surface area (Å²) in [6, 6.07) is 6.02. The lowest BCUT2D eigenvalue weighted by Gasteiger charge is -2.20. The Morgan fingerprint density at radius 1 is 1.42 bits per heavy atom. The molecule has 2 unspecified atom stereocenters. The van der Waals surface area contributed by atoms with Gasteiger partial charge in [-0.3, -0.25) is 0 Å². The predicted octanol–water partition coefficient (Wildman–Crippen LogP) is 3.03. The standard InChI is InChI=1S/C15H23ClN2O/c1-4-17-8-12-10-18(9-11(12)2)13-5-6-14(16)15(7-13)19-3/h5-7,11-12,17H,4,8-10H2,1-3H3. The third kappa shape index (κ3) is 3.34. The second-order valence-corrected chi connectivity index (χ2v) is 5.68. The minimum absolute atomic E-state index is 0.669. The lowest BCUT2D eigenvalue weighted by atomic mass is 9.98. The molecule has 19 heavy (non-hydrogen) atoms. The highest BCUT2D eigenvalue weighted by molar-refractivity contribution is 6.32. The van der Waals surface area contributed by atoms with Crippen molar-refractivity contribution in [1.29, 1.82) is 0 Å². The number of benzene rings is 1. The maximum Gasteiger partial charge on any atom is 0.139 e. The van der Waals surface area contributed by atoms with Gasteiger partial charge in [-0.05, 0) is 37.1 Å². The second-order valence-electron chi connectivity index (χ2n) is 5.27. The van der Waals surface area contributed by atoms with Crippen molar-refractivity contribution in [1.82, 2.24) is 5.32 Å². The molecular weight excluding hydrogens is 260 g/mol. The van der Waals surface area contributed by atoms with E-state index in [2.05, 4.69) is 30.1 Å². The fourth-order valence-corrected chi connectivity index (χ4v) is 2.88. The van der Waals surface area contributed by atoms with Crippen LogP contribution in [0.3, 0.4) is 0 Å². The van der Waals surface area contributed by atoms with Gasteiger partial charge in [0.1, 0.15) is 5.75 Å². The SMILES string of the molecule is CCNCC1CN(c2ccc(Cl)c(OC)c2)CC1C. The van der Waals surface area contributed by atoms with Gasteiger partial charge in [-0.25, -0.2) is 0 Å². The first kappa shape index (κ1) is 14.5. The van der Waals surface area contributed by atoms with Crippen LogP contribution in [0.5, 0.6) is 5.75 Å². The fraction of sp³-hybridized carbons (Fsp3) is 0.600. The van der Waals surface area contributed by atoms with Gasteiger partial charge in [0.25, 0.3) is 0 Å². The van der Waals surface area contributed by atoms with Crippen molar-refractivity contribution in [3.63, 3.8) is 0 Å². The van der Waals surface area contributed by atoms with Crippen LogP contribution in [0.4, 0.5) is 5.69 Å². The molecule has 1 aliphatic heterocycles. The van der Waals surface area contributed by atoms with Crippen LogP contribution in [0.25, 0.3) is 0 Å². The van der Waals surface area contributed by atoms with Crippen LogP contribution >= 0.6 is 11.6 Å². The summed E-state index contributed by atoms with van der Waals surface area (Å²) in [5.41, 5.74) is 1.20. The first-order chi connectivity index (χ1) is 9.15. The Kier molecular flexibility index (Phi) is 4.94. The molecule has 1 aromatic carbocycles. The van der Waals surface area contributed by atoms with Gasteiger partial charge in [0.15, 0.2) is 0 Å². The van der Waals surface area contributed by atoms with E-state index in [9.17, 15) is 0 Å². The number of methoxy groups -OCH3 is 1. The molecule has 106 valence electrons. The van der Waals surface area contributed by atoms with E-state index in [0.717, 1.165) is 31.9 Å². The van der Waals surface area contributed by atoms with Crippen LogP contribution in [-0.4, -0.2) is 33.3 Å². The molecule has 0 radical (unpaired) electrons. The summed E-state index contributed by atoms with van der Waals surface area (Å²) < 4.78 is 5.29. The minimum atomic E-state index is 0.669. The van der Waals surface area contributed by atoms with Crippen LogP contribution in [0, 0.1) is 11.8 Å². The predicted molar refractivity (Wildman–Crippen MR) is 81.4 cm³/mol. The molecule has 2 rings (SSSR count). The van der Waals surface area contributed by atoms with Gasteiger partial charge in [-0.2, -0.15) is 0 Å². The third-order valence-corrected chi connectivity index (χ3v) is 4.24. The van der Waals surface area contributed by atoms with Crippen LogP contribution in [0.2, 0.25) is 5.02 Å². The van der Waals surface area contributed by atoms with Crippen LogP contribution in [0.15, 0.2) is 18.2 Å². The highest BCUT2D eigenvalue weighted by Gasteiger charge is 2.29. The molecule has 0 saturated carbocycles. The number of hydrogen-bond donors (Lipinski definition) is 1. The van der Waals surface area contributed by atoms with E-state index in [1.165, 1.54) is 5.69 Å². The molecule has 1 fully saturated rings. The average molecular weight is 283 g/mol. The topological polar surface area (TPSA) is 24.5 Å². The van der Waals surface area contributed by atoms with Crippen molar-refractivity contribution in [2.75, 3.05) is 38.2 Å². The Balaban J connectivity index is 2.07. The van der Waals surface area contributed by atoms with E-state index in [-0.39, 0.29) is 0 Å². The lowest BCUT2D eigenvalue weighted by molar-refractivity contribution is 0.415. The molecule has 1 aromatic rings. The highest BCUT2D eigenvalue weighted by atomic mass is 35.5. The first-order valence-electron chi connectivity index (χ1n) is 6.95. The number of halogens is 1. The number of hydrogen-bond acceptors (Lipinski definition) is 3. The molecular formula is C15H23ClN2O. The van der Waals surface area contributed by atoms with Gasteiger partial charge < -0.3 is 15.0 Å². The summed E-state index contributed by atoms with van der Waals surface area (Å²) >= 11 is 6.08. The van der Waals surface area contributed by atoms with Crippen LogP contribution < -0.4 is 15.0 Å². The van der Waals surface area contributed by atoms with E-state index < -0.39 is 0 Å². The third-order valence-electron chi connectivity index (χ3n) is 3.92. The number of rotatable bonds is 5. The van der Waals surface area contributed by atoms with Gasteiger partial charge in [0, 0.05) is 24.8 Å². The molecule has 1 aliphatic rings. The maximum atomic E-state index is 6.08. The Bertz CT molecular complexity index is 425.